The lowest BCUT2D eigenvalue weighted by atomic mass is 10.1. The second kappa shape index (κ2) is 6.36. The number of nitrogens with zero attached hydrogens (tertiary/aromatic N) is 2. The van der Waals surface area contributed by atoms with Crippen molar-refractivity contribution in [2.45, 2.75) is 19.1 Å². The van der Waals surface area contributed by atoms with E-state index >= 15 is 0 Å². The van der Waals surface area contributed by atoms with Crippen LogP contribution in [0.5, 0.6) is 0 Å². The first-order valence-electron chi connectivity index (χ1n) is 6.56. The largest absolute Gasteiger partial charge is 0.384 e. The molecule has 6 nitrogen and oxygen atoms in total. The molecule has 0 fully saturated rings. The second-order valence-corrected chi connectivity index (χ2v) is 7.21. The Morgan fingerprint density at radius 2 is 2.05 bits per heavy atom. The van der Waals surface area contributed by atoms with Gasteiger partial charge in [-0.2, -0.15) is 4.98 Å². The van der Waals surface area contributed by atoms with E-state index < -0.39 is 15.1 Å². The number of aromatic nitrogens is 2. The first-order chi connectivity index (χ1) is 9.95. The first-order valence-corrected chi connectivity index (χ1v) is 8.27. The van der Waals surface area contributed by atoms with Crippen LogP contribution in [0.2, 0.25) is 0 Å². The van der Waals surface area contributed by atoms with Crippen molar-refractivity contribution < 1.29 is 17.7 Å². The van der Waals surface area contributed by atoms with E-state index in [1.54, 1.807) is 6.92 Å². The van der Waals surface area contributed by atoms with E-state index in [0.717, 1.165) is 11.1 Å². The predicted octanol–water partition coefficient (Wildman–Crippen LogP) is 2.17. The lowest BCUT2D eigenvalue weighted by Crippen LogP contribution is -2.17. The summed E-state index contributed by atoms with van der Waals surface area (Å²) >= 11 is 0. The first kappa shape index (κ1) is 15.7. The summed E-state index contributed by atoms with van der Waals surface area (Å²) in [5, 5.41) is 3.03. The molecule has 21 heavy (non-hydrogen) atoms. The van der Waals surface area contributed by atoms with Gasteiger partial charge >= 0.3 is 0 Å². The van der Waals surface area contributed by atoms with Crippen molar-refractivity contribution in [2.24, 2.45) is 0 Å². The fourth-order valence-electron chi connectivity index (χ4n) is 1.86. The van der Waals surface area contributed by atoms with Gasteiger partial charge in [-0.05, 0) is 19.4 Å². The second-order valence-electron chi connectivity index (χ2n) is 4.77. The molecule has 0 saturated carbocycles. The van der Waals surface area contributed by atoms with E-state index in [1.807, 2.05) is 31.2 Å². The molecule has 0 saturated heterocycles. The van der Waals surface area contributed by atoms with E-state index in [1.165, 1.54) is 7.11 Å². The Kier molecular flexibility index (Phi) is 4.74. The maximum atomic E-state index is 12.1. The molecule has 0 amide bonds. The van der Waals surface area contributed by atoms with Crippen molar-refractivity contribution >= 4 is 9.84 Å². The van der Waals surface area contributed by atoms with Gasteiger partial charge in [0.05, 0.1) is 12.4 Å². The van der Waals surface area contributed by atoms with Gasteiger partial charge in [0.2, 0.25) is 11.7 Å². The standard InChI is InChI=1S/C14H18N2O4S/c1-10-6-4-5-7-12(10)13-15-14(20-16-13)11(2)21(17,18)9-8-19-3/h4-7,11H,8-9H2,1-3H3/t11-/m0/s1. The van der Waals surface area contributed by atoms with E-state index in [9.17, 15) is 8.42 Å². The zero-order valence-corrected chi connectivity index (χ0v) is 13.1. The van der Waals surface area contributed by atoms with Crippen LogP contribution >= 0.6 is 0 Å². The normalized spacial score (nSPS) is 13.3. The summed E-state index contributed by atoms with van der Waals surface area (Å²) in [4.78, 5) is 4.22. The maximum absolute atomic E-state index is 12.1. The summed E-state index contributed by atoms with van der Waals surface area (Å²) in [6, 6.07) is 7.59. The minimum Gasteiger partial charge on any atom is -0.384 e. The summed E-state index contributed by atoms with van der Waals surface area (Å²) in [7, 11) is -1.91. The molecule has 0 aliphatic carbocycles. The van der Waals surface area contributed by atoms with Crippen LogP contribution in [0.1, 0.15) is 23.6 Å². The number of benzene rings is 1. The summed E-state index contributed by atoms with van der Waals surface area (Å²) in [6.07, 6.45) is 0. The van der Waals surface area contributed by atoms with Gasteiger partial charge in [0.1, 0.15) is 5.25 Å². The summed E-state index contributed by atoms with van der Waals surface area (Å²) in [5.41, 5.74) is 1.83. The number of hydrogen-bond acceptors (Lipinski definition) is 6. The summed E-state index contributed by atoms with van der Waals surface area (Å²) in [5.74, 6) is 0.425. The monoisotopic (exact) mass is 310 g/mol. The number of sulfone groups is 1. The summed E-state index contributed by atoms with van der Waals surface area (Å²) < 4.78 is 34.1. The number of rotatable bonds is 6. The average molecular weight is 310 g/mol. The molecular formula is C14H18N2O4S. The Hall–Kier alpha value is -1.73. The number of aryl methyl sites for hydroxylation is 1. The van der Waals surface area contributed by atoms with E-state index in [2.05, 4.69) is 10.1 Å². The molecule has 7 heteroatoms. The quantitative estimate of drug-likeness (QED) is 0.813. The third kappa shape index (κ3) is 3.48. The molecule has 2 aromatic rings. The van der Waals surface area contributed by atoms with E-state index in [0.29, 0.717) is 5.82 Å². The lowest BCUT2D eigenvalue weighted by Gasteiger charge is -2.07. The molecule has 114 valence electrons. The van der Waals surface area contributed by atoms with Crippen LogP contribution in [0.3, 0.4) is 0 Å². The zero-order valence-electron chi connectivity index (χ0n) is 12.2. The molecule has 0 aliphatic heterocycles. The zero-order chi connectivity index (χ0) is 15.5. The van der Waals surface area contributed by atoms with Gasteiger partial charge in [0.15, 0.2) is 9.84 Å². The Labute approximate surface area is 124 Å². The Morgan fingerprint density at radius 3 is 2.71 bits per heavy atom. The third-order valence-electron chi connectivity index (χ3n) is 3.29. The van der Waals surface area contributed by atoms with Crippen molar-refractivity contribution in [1.29, 1.82) is 0 Å². The molecule has 2 rings (SSSR count). The van der Waals surface area contributed by atoms with Crippen LogP contribution in [0.15, 0.2) is 28.8 Å². The van der Waals surface area contributed by atoms with Crippen LogP contribution in [-0.2, 0) is 14.6 Å². The van der Waals surface area contributed by atoms with Crippen molar-refractivity contribution in [2.75, 3.05) is 19.5 Å². The van der Waals surface area contributed by atoms with Crippen molar-refractivity contribution in [1.82, 2.24) is 10.1 Å². The number of ether oxygens (including phenoxy) is 1. The maximum Gasteiger partial charge on any atom is 0.245 e. The van der Waals surface area contributed by atoms with Gasteiger partial charge in [-0.25, -0.2) is 8.42 Å². The minimum atomic E-state index is -3.38. The minimum absolute atomic E-state index is 0.0766. The van der Waals surface area contributed by atoms with Crippen molar-refractivity contribution in [3.63, 3.8) is 0 Å². The predicted molar refractivity (Wildman–Crippen MR) is 78.5 cm³/mol. The third-order valence-corrected chi connectivity index (χ3v) is 5.30. The van der Waals surface area contributed by atoms with Gasteiger partial charge in [0.25, 0.3) is 0 Å². The molecule has 0 spiro atoms. The highest BCUT2D eigenvalue weighted by molar-refractivity contribution is 7.91. The molecule has 0 aliphatic rings. The Bertz CT molecular complexity index is 709. The van der Waals surface area contributed by atoms with Gasteiger partial charge in [0, 0.05) is 12.7 Å². The molecule has 1 heterocycles. The number of methoxy groups -OCH3 is 1. The van der Waals surface area contributed by atoms with Gasteiger partial charge < -0.3 is 9.26 Å². The Morgan fingerprint density at radius 1 is 1.33 bits per heavy atom. The summed E-state index contributed by atoms with van der Waals surface area (Å²) in [6.45, 7) is 3.62. The highest BCUT2D eigenvalue weighted by Gasteiger charge is 2.28. The van der Waals surface area contributed by atoms with Crippen LogP contribution in [-0.4, -0.2) is 38.0 Å². The van der Waals surface area contributed by atoms with E-state index in [-0.39, 0.29) is 18.3 Å². The fourth-order valence-corrected chi connectivity index (χ4v) is 3.02. The smallest absolute Gasteiger partial charge is 0.245 e. The molecule has 0 unspecified atom stereocenters. The molecule has 0 bridgehead atoms. The van der Waals surface area contributed by atoms with Crippen LogP contribution in [0.4, 0.5) is 0 Å². The van der Waals surface area contributed by atoms with Crippen molar-refractivity contribution in [3.05, 3.63) is 35.7 Å². The molecule has 0 radical (unpaired) electrons. The van der Waals surface area contributed by atoms with Gasteiger partial charge in [-0.3, -0.25) is 0 Å². The molecule has 1 atom stereocenters. The van der Waals surface area contributed by atoms with Crippen molar-refractivity contribution in [3.8, 4) is 11.4 Å². The van der Waals surface area contributed by atoms with Crippen LogP contribution < -0.4 is 0 Å². The SMILES string of the molecule is COCCS(=O)(=O)[C@@H](C)c1nc(-c2ccccc2C)no1. The topological polar surface area (TPSA) is 82.3 Å². The molecule has 1 aromatic carbocycles. The Balaban J connectivity index is 2.26. The van der Waals surface area contributed by atoms with Gasteiger partial charge in [-0.15, -0.1) is 0 Å². The fraction of sp³-hybridized carbons (Fsp3) is 0.429. The number of hydrogen-bond donors (Lipinski definition) is 0. The van der Waals surface area contributed by atoms with E-state index in [4.69, 9.17) is 9.26 Å². The molecule has 1 aromatic heterocycles. The highest BCUT2D eigenvalue weighted by atomic mass is 32.2. The average Bonchev–Trinajstić information content (AvgIpc) is 2.94. The van der Waals surface area contributed by atoms with Crippen LogP contribution in [0, 0.1) is 6.92 Å². The van der Waals surface area contributed by atoms with Crippen LogP contribution in [0.25, 0.3) is 11.4 Å². The molecule has 0 N–H and O–H groups in total. The van der Waals surface area contributed by atoms with Gasteiger partial charge in [-0.1, -0.05) is 29.4 Å². The lowest BCUT2D eigenvalue weighted by molar-refractivity contribution is 0.217. The highest BCUT2D eigenvalue weighted by Crippen LogP contribution is 2.25. The molecular weight excluding hydrogens is 292 g/mol.